The summed E-state index contributed by atoms with van der Waals surface area (Å²) in [6.07, 6.45) is 4.48. The van der Waals surface area contributed by atoms with E-state index in [1.807, 2.05) is 30.3 Å². The Morgan fingerprint density at radius 3 is 2.47 bits per heavy atom. The van der Waals surface area contributed by atoms with E-state index in [9.17, 15) is 4.79 Å². The van der Waals surface area contributed by atoms with Crippen LogP contribution < -0.4 is 16.8 Å². The lowest BCUT2D eigenvalue weighted by Gasteiger charge is -2.27. The van der Waals surface area contributed by atoms with Crippen LogP contribution in [0.15, 0.2) is 30.3 Å². The molecule has 0 radical (unpaired) electrons. The minimum Gasteiger partial charge on any atom is -0.352 e. The van der Waals surface area contributed by atoms with Crippen LogP contribution in [-0.2, 0) is 11.2 Å². The van der Waals surface area contributed by atoms with Crippen molar-refractivity contribution in [2.45, 2.75) is 50.2 Å². The Kier molecular flexibility index (Phi) is 4.93. The second-order valence-electron chi connectivity index (χ2n) is 5.42. The fourth-order valence-corrected chi connectivity index (χ4v) is 2.53. The molecule has 2 rings (SSSR count). The summed E-state index contributed by atoms with van der Waals surface area (Å²) in [6.45, 7) is 0. The monoisotopic (exact) mass is 261 g/mol. The largest absolute Gasteiger partial charge is 0.352 e. The molecule has 4 heteroatoms. The quantitative estimate of drug-likeness (QED) is 0.754. The van der Waals surface area contributed by atoms with Crippen molar-refractivity contribution in [3.63, 3.8) is 0 Å². The van der Waals surface area contributed by atoms with Crippen molar-refractivity contribution in [2.75, 3.05) is 0 Å². The molecule has 0 bridgehead atoms. The van der Waals surface area contributed by atoms with Gasteiger partial charge in [-0.3, -0.25) is 4.79 Å². The Bertz CT molecular complexity index is 399. The Morgan fingerprint density at radius 1 is 1.21 bits per heavy atom. The third-order valence-corrected chi connectivity index (χ3v) is 3.75. The van der Waals surface area contributed by atoms with Gasteiger partial charge in [0.2, 0.25) is 5.91 Å². The Balaban J connectivity index is 1.79. The number of carbonyl (C=O) groups is 1. The van der Waals surface area contributed by atoms with Crippen LogP contribution >= 0.6 is 0 Å². The van der Waals surface area contributed by atoms with E-state index < -0.39 is 6.04 Å². The van der Waals surface area contributed by atoms with Gasteiger partial charge in [-0.05, 0) is 37.7 Å². The smallest absolute Gasteiger partial charge is 0.237 e. The van der Waals surface area contributed by atoms with Crippen LogP contribution in [0.1, 0.15) is 31.2 Å². The first kappa shape index (κ1) is 14.0. The molecule has 0 aliphatic heterocycles. The molecule has 1 aromatic rings. The van der Waals surface area contributed by atoms with Crippen molar-refractivity contribution >= 4 is 5.91 Å². The van der Waals surface area contributed by atoms with Crippen LogP contribution in [-0.4, -0.2) is 24.0 Å². The van der Waals surface area contributed by atoms with Crippen molar-refractivity contribution in [1.82, 2.24) is 5.32 Å². The summed E-state index contributed by atoms with van der Waals surface area (Å²) in [6, 6.07) is 9.93. The molecule has 1 atom stereocenters. The predicted octanol–water partition coefficient (Wildman–Crippen LogP) is 0.943. The number of hydrogen-bond donors (Lipinski definition) is 3. The molecular formula is C15H23N3O. The molecule has 19 heavy (non-hydrogen) atoms. The molecule has 104 valence electrons. The van der Waals surface area contributed by atoms with Gasteiger partial charge in [-0.25, -0.2) is 0 Å². The number of nitrogens with two attached hydrogens (primary N) is 2. The van der Waals surface area contributed by atoms with E-state index in [2.05, 4.69) is 5.32 Å². The average molecular weight is 261 g/mol. The number of hydrogen-bond acceptors (Lipinski definition) is 3. The minimum absolute atomic E-state index is 0.0516. The molecule has 0 aromatic heterocycles. The summed E-state index contributed by atoms with van der Waals surface area (Å²) in [7, 11) is 0. The molecule has 1 aromatic carbocycles. The van der Waals surface area contributed by atoms with Crippen LogP contribution in [0.2, 0.25) is 0 Å². The molecule has 1 fully saturated rings. The summed E-state index contributed by atoms with van der Waals surface area (Å²) >= 11 is 0. The summed E-state index contributed by atoms with van der Waals surface area (Å²) in [5.41, 5.74) is 12.9. The lowest BCUT2D eigenvalue weighted by molar-refractivity contribution is -0.123. The van der Waals surface area contributed by atoms with Crippen LogP contribution in [0.4, 0.5) is 0 Å². The molecule has 1 aliphatic rings. The van der Waals surface area contributed by atoms with Gasteiger partial charge in [0.15, 0.2) is 0 Å². The molecule has 0 spiro atoms. The Morgan fingerprint density at radius 2 is 1.84 bits per heavy atom. The molecule has 5 N–H and O–H groups in total. The van der Waals surface area contributed by atoms with Gasteiger partial charge in [0.25, 0.3) is 0 Å². The van der Waals surface area contributed by atoms with E-state index in [-0.39, 0.29) is 11.9 Å². The van der Waals surface area contributed by atoms with E-state index in [1.165, 1.54) is 0 Å². The molecule has 0 saturated heterocycles. The molecule has 0 heterocycles. The van der Waals surface area contributed by atoms with Gasteiger partial charge in [0, 0.05) is 12.1 Å². The number of carbonyl (C=O) groups excluding carboxylic acids is 1. The predicted molar refractivity (Wildman–Crippen MR) is 76.5 cm³/mol. The summed E-state index contributed by atoms with van der Waals surface area (Å²) < 4.78 is 0. The topological polar surface area (TPSA) is 81.1 Å². The maximum atomic E-state index is 12.0. The first-order valence-corrected chi connectivity index (χ1v) is 7.00. The molecular weight excluding hydrogens is 238 g/mol. The SMILES string of the molecule is NC1CCC(NC(=O)[C@H](N)Cc2ccccc2)CC1. The first-order chi connectivity index (χ1) is 9.15. The van der Waals surface area contributed by atoms with Gasteiger partial charge in [-0.2, -0.15) is 0 Å². The van der Waals surface area contributed by atoms with Crippen molar-refractivity contribution < 1.29 is 4.79 Å². The van der Waals surface area contributed by atoms with Gasteiger partial charge >= 0.3 is 0 Å². The normalized spacial score (nSPS) is 24.7. The van der Waals surface area contributed by atoms with Crippen LogP contribution in [0.25, 0.3) is 0 Å². The Hall–Kier alpha value is -1.39. The third kappa shape index (κ3) is 4.33. The number of rotatable bonds is 4. The lowest BCUT2D eigenvalue weighted by Crippen LogP contribution is -2.48. The summed E-state index contributed by atoms with van der Waals surface area (Å²) in [4.78, 5) is 12.0. The van der Waals surface area contributed by atoms with E-state index in [4.69, 9.17) is 11.5 Å². The van der Waals surface area contributed by atoms with Crippen molar-refractivity contribution in [3.05, 3.63) is 35.9 Å². The zero-order valence-electron chi connectivity index (χ0n) is 11.2. The highest BCUT2D eigenvalue weighted by Gasteiger charge is 2.22. The van der Waals surface area contributed by atoms with Gasteiger partial charge < -0.3 is 16.8 Å². The minimum atomic E-state index is -0.474. The second-order valence-corrected chi connectivity index (χ2v) is 5.42. The third-order valence-electron chi connectivity index (χ3n) is 3.75. The van der Waals surface area contributed by atoms with E-state index >= 15 is 0 Å². The second kappa shape index (κ2) is 6.68. The van der Waals surface area contributed by atoms with E-state index in [0.29, 0.717) is 12.5 Å². The zero-order valence-corrected chi connectivity index (χ0v) is 11.2. The van der Waals surface area contributed by atoms with E-state index in [1.54, 1.807) is 0 Å². The van der Waals surface area contributed by atoms with Crippen molar-refractivity contribution in [2.24, 2.45) is 11.5 Å². The maximum Gasteiger partial charge on any atom is 0.237 e. The maximum absolute atomic E-state index is 12.0. The highest BCUT2D eigenvalue weighted by molar-refractivity contribution is 5.82. The zero-order chi connectivity index (χ0) is 13.7. The average Bonchev–Trinajstić information content (AvgIpc) is 2.42. The van der Waals surface area contributed by atoms with E-state index in [0.717, 1.165) is 31.2 Å². The molecule has 1 saturated carbocycles. The van der Waals surface area contributed by atoms with Crippen molar-refractivity contribution in [3.8, 4) is 0 Å². The van der Waals surface area contributed by atoms with Crippen molar-refractivity contribution in [1.29, 1.82) is 0 Å². The van der Waals surface area contributed by atoms with Gasteiger partial charge in [0.05, 0.1) is 6.04 Å². The highest BCUT2D eigenvalue weighted by atomic mass is 16.2. The van der Waals surface area contributed by atoms with Crippen LogP contribution in [0.3, 0.4) is 0 Å². The fourth-order valence-electron chi connectivity index (χ4n) is 2.53. The van der Waals surface area contributed by atoms with Gasteiger partial charge in [0.1, 0.15) is 0 Å². The molecule has 4 nitrogen and oxygen atoms in total. The van der Waals surface area contributed by atoms with Gasteiger partial charge in [-0.1, -0.05) is 30.3 Å². The van der Waals surface area contributed by atoms with Crippen LogP contribution in [0.5, 0.6) is 0 Å². The molecule has 1 aliphatic carbocycles. The number of amides is 1. The molecule has 1 amide bonds. The fraction of sp³-hybridized carbons (Fsp3) is 0.533. The lowest BCUT2D eigenvalue weighted by atomic mass is 9.91. The highest BCUT2D eigenvalue weighted by Crippen LogP contribution is 2.17. The summed E-state index contributed by atoms with van der Waals surface area (Å²) in [5, 5.41) is 3.04. The number of nitrogens with one attached hydrogen (secondary N) is 1. The standard InChI is InChI=1S/C15H23N3O/c16-12-6-8-13(9-7-12)18-15(19)14(17)10-11-4-2-1-3-5-11/h1-5,12-14H,6-10,16-17H2,(H,18,19)/t12?,13?,14-/m1/s1. The molecule has 0 unspecified atom stereocenters. The number of benzene rings is 1. The van der Waals surface area contributed by atoms with Crippen LogP contribution in [0, 0.1) is 0 Å². The first-order valence-electron chi connectivity index (χ1n) is 7.00. The summed E-state index contributed by atoms with van der Waals surface area (Å²) in [5.74, 6) is -0.0516. The Labute approximate surface area is 114 Å². The van der Waals surface area contributed by atoms with Gasteiger partial charge in [-0.15, -0.1) is 0 Å².